The highest BCUT2D eigenvalue weighted by molar-refractivity contribution is 7.86. The molecule has 82 valence electrons. The van der Waals surface area contributed by atoms with Crippen LogP contribution in [0.1, 0.15) is 6.92 Å². The molecule has 0 heterocycles. The molecule has 0 aromatic rings. The second-order valence-corrected chi connectivity index (χ2v) is 4.40. The van der Waals surface area contributed by atoms with E-state index in [0.717, 1.165) is 6.08 Å². The zero-order valence-corrected chi connectivity index (χ0v) is 9.88. The van der Waals surface area contributed by atoms with Crippen molar-refractivity contribution in [3.8, 4) is 0 Å². The summed E-state index contributed by atoms with van der Waals surface area (Å²) in [6.07, 6.45) is -0.126. The lowest BCUT2D eigenvalue weighted by atomic mass is 10.6. The van der Waals surface area contributed by atoms with Gasteiger partial charge in [-0.15, -0.1) is 4.52 Å². The van der Waals surface area contributed by atoms with Crippen molar-refractivity contribution < 1.29 is 26.9 Å². The Labute approximate surface area is 93.1 Å². The first kappa shape index (κ1) is 14.2. The molecule has 0 aliphatic heterocycles. The summed E-state index contributed by atoms with van der Waals surface area (Å²) in [6, 6.07) is 0. The van der Waals surface area contributed by atoms with Gasteiger partial charge in [0.25, 0.3) is 0 Å². The van der Waals surface area contributed by atoms with Crippen molar-refractivity contribution in [3.05, 3.63) is 12.7 Å². The van der Waals surface area contributed by atoms with Gasteiger partial charge < -0.3 is 4.74 Å². The maximum Gasteiger partial charge on any atom is 0.600 e. The van der Waals surface area contributed by atoms with Crippen molar-refractivity contribution in [2.75, 3.05) is 0 Å². The SMILES string of the molecule is C=CC(=O)OC(C)O[P+](O)(OS)OS. The number of hydrogen-bond donors (Lipinski definition) is 3. The van der Waals surface area contributed by atoms with Gasteiger partial charge in [-0.3, -0.25) is 0 Å². The Balaban J connectivity index is 4.09. The highest BCUT2D eigenvalue weighted by Gasteiger charge is 2.47. The van der Waals surface area contributed by atoms with E-state index in [1.807, 2.05) is 0 Å². The topological polar surface area (TPSA) is 74.2 Å². The number of ether oxygens (including phenoxy) is 1. The van der Waals surface area contributed by atoms with Crippen LogP contribution in [0.3, 0.4) is 0 Å². The third kappa shape index (κ3) is 5.16. The fraction of sp³-hybridized carbons (Fsp3) is 0.400. The minimum atomic E-state index is -3.64. The van der Waals surface area contributed by atoms with Gasteiger partial charge in [-0.25, -0.2) is 4.79 Å². The molecule has 0 saturated carbocycles. The van der Waals surface area contributed by atoms with E-state index < -0.39 is 20.4 Å². The van der Waals surface area contributed by atoms with E-state index in [0.29, 0.717) is 0 Å². The van der Waals surface area contributed by atoms with Crippen LogP contribution in [-0.4, -0.2) is 17.2 Å². The van der Waals surface area contributed by atoms with Gasteiger partial charge in [-0.2, -0.15) is 4.89 Å². The van der Waals surface area contributed by atoms with Crippen LogP contribution >= 0.6 is 34.0 Å². The minimum Gasteiger partial charge on any atom is -0.428 e. The van der Waals surface area contributed by atoms with Crippen molar-refractivity contribution in [3.63, 3.8) is 0 Å². The molecule has 0 fully saturated rings. The first-order chi connectivity index (χ1) is 6.47. The number of rotatable bonds is 6. The molecule has 0 aromatic carbocycles. The number of carbonyl (C=O) groups excluding carboxylic acids is 1. The smallest absolute Gasteiger partial charge is 0.428 e. The highest BCUT2D eigenvalue weighted by atomic mass is 32.1. The number of carbonyl (C=O) groups is 1. The van der Waals surface area contributed by atoms with Gasteiger partial charge in [0.05, 0.1) is 0 Å². The summed E-state index contributed by atoms with van der Waals surface area (Å²) in [7, 11) is -3.64. The molecule has 0 aliphatic carbocycles. The maximum absolute atomic E-state index is 10.7. The van der Waals surface area contributed by atoms with E-state index in [2.05, 4.69) is 49.6 Å². The van der Waals surface area contributed by atoms with Crippen LogP contribution in [0, 0.1) is 0 Å². The summed E-state index contributed by atoms with van der Waals surface area (Å²) in [5, 5.41) is 0. The molecule has 1 N–H and O–H groups in total. The zero-order valence-electron chi connectivity index (χ0n) is 7.19. The van der Waals surface area contributed by atoms with E-state index in [9.17, 15) is 9.69 Å². The molecule has 1 unspecified atom stereocenters. The Kier molecular flexibility index (Phi) is 6.71. The van der Waals surface area contributed by atoms with Crippen LogP contribution in [-0.2, 0) is 22.0 Å². The van der Waals surface area contributed by atoms with Crippen LogP contribution in [0.25, 0.3) is 0 Å². The predicted molar refractivity (Wildman–Crippen MR) is 56.1 cm³/mol. The molecule has 14 heavy (non-hydrogen) atoms. The van der Waals surface area contributed by atoms with Gasteiger partial charge in [0, 0.05) is 38.8 Å². The molecular formula is C5H10O6PS2+. The normalized spacial score (nSPS) is 13.4. The standard InChI is InChI=1S/C5H9O6PS2/c1-3-5(6)8-4(2)9-12(7,10-13)11-14/h3-4,7H,1H2,2H3,(H-,13,14)/p+1. The van der Waals surface area contributed by atoms with Gasteiger partial charge in [0.1, 0.15) is 0 Å². The predicted octanol–water partition coefficient (Wildman–Crippen LogP) is 1.47. The molecule has 0 amide bonds. The number of hydrogen-bond acceptors (Lipinski definition) is 8. The number of esters is 1. The van der Waals surface area contributed by atoms with Crippen LogP contribution in [0.4, 0.5) is 0 Å². The molecule has 0 radical (unpaired) electrons. The van der Waals surface area contributed by atoms with E-state index in [1.165, 1.54) is 6.92 Å². The molecule has 6 nitrogen and oxygen atoms in total. The summed E-state index contributed by atoms with van der Waals surface area (Å²) in [5.74, 6) is -0.706. The van der Waals surface area contributed by atoms with Crippen molar-refractivity contribution in [1.29, 1.82) is 0 Å². The van der Waals surface area contributed by atoms with Gasteiger partial charge >= 0.3 is 14.1 Å². The van der Waals surface area contributed by atoms with Crippen molar-refractivity contribution >= 4 is 40.0 Å². The largest absolute Gasteiger partial charge is 0.600 e. The summed E-state index contributed by atoms with van der Waals surface area (Å²) >= 11 is 6.62. The van der Waals surface area contributed by atoms with Crippen LogP contribution in [0.2, 0.25) is 0 Å². The van der Waals surface area contributed by atoms with Crippen LogP contribution in [0.15, 0.2) is 12.7 Å². The first-order valence-corrected chi connectivity index (χ1v) is 5.49. The quantitative estimate of drug-likeness (QED) is 0.168. The molecule has 0 bridgehead atoms. The van der Waals surface area contributed by atoms with E-state index >= 15 is 0 Å². The van der Waals surface area contributed by atoms with Gasteiger partial charge in [-0.05, 0) is 0 Å². The van der Waals surface area contributed by atoms with Crippen molar-refractivity contribution in [2.45, 2.75) is 13.2 Å². The second kappa shape index (κ2) is 6.62. The monoisotopic (exact) mass is 261 g/mol. The van der Waals surface area contributed by atoms with Crippen molar-refractivity contribution in [2.24, 2.45) is 0 Å². The lowest BCUT2D eigenvalue weighted by Gasteiger charge is -2.13. The van der Waals surface area contributed by atoms with E-state index in [4.69, 9.17) is 0 Å². The molecule has 0 aromatic heterocycles. The van der Waals surface area contributed by atoms with E-state index in [-0.39, 0.29) is 0 Å². The van der Waals surface area contributed by atoms with Crippen LogP contribution in [0.5, 0.6) is 0 Å². The summed E-state index contributed by atoms with van der Waals surface area (Å²) in [4.78, 5) is 19.9. The lowest BCUT2D eigenvalue weighted by molar-refractivity contribution is -0.156. The van der Waals surface area contributed by atoms with Gasteiger partial charge in [0.15, 0.2) is 0 Å². The lowest BCUT2D eigenvalue weighted by Crippen LogP contribution is -2.17. The Morgan fingerprint density at radius 1 is 1.57 bits per heavy atom. The minimum absolute atomic E-state index is 0.706. The zero-order chi connectivity index (χ0) is 11.2. The first-order valence-electron chi connectivity index (χ1n) is 3.27. The summed E-state index contributed by atoms with van der Waals surface area (Å²) in [6.45, 7) is 4.53. The molecule has 0 aliphatic rings. The molecule has 0 spiro atoms. The second-order valence-electron chi connectivity index (χ2n) is 1.95. The van der Waals surface area contributed by atoms with E-state index in [1.54, 1.807) is 0 Å². The average Bonchev–Trinajstić information content (AvgIpc) is 2.17. The molecule has 0 rings (SSSR count). The average molecular weight is 261 g/mol. The molecular weight excluding hydrogens is 251 g/mol. The summed E-state index contributed by atoms with van der Waals surface area (Å²) < 4.78 is 17.6. The number of thiol groups is 2. The summed E-state index contributed by atoms with van der Waals surface area (Å²) in [5.41, 5.74) is 0. The third-order valence-electron chi connectivity index (χ3n) is 0.937. The highest BCUT2D eigenvalue weighted by Crippen LogP contribution is 2.60. The Bertz CT molecular complexity index is 208. The van der Waals surface area contributed by atoms with Crippen LogP contribution < -0.4 is 0 Å². The third-order valence-corrected chi connectivity index (χ3v) is 3.15. The maximum atomic E-state index is 10.7. The Morgan fingerprint density at radius 2 is 2.07 bits per heavy atom. The van der Waals surface area contributed by atoms with Gasteiger partial charge in [0.2, 0.25) is 6.29 Å². The fourth-order valence-electron chi connectivity index (χ4n) is 0.474. The molecule has 0 saturated heterocycles. The Hall–Kier alpha value is 0.180. The molecule has 1 atom stereocenters. The van der Waals surface area contributed by atoms with Crippen molar-refractivity contribution in [1.82, 2.24) is 0 Å². The van der Waals surface area contributed by atoms with Gasteiger partial charge in [-0.1, -0.05) is 14.5 Å². The fourth-order valence-corrected chi connectivity index (χ4v) is 1.59. The molecule has 9 heteroatoms. The Morgan fingerprint density at radius 3 is 2.43 bits per heavy atom.